The van der Waals surface area contributed by atoms with Crippen LogP contribution in [-0.4, -0.2) is 49.5 Å². The average Bonchev–Trinajstić information content (AvgIpc) is 2.74. The van der Waals surface area contributed by atoms with Crippen molar-refractivity contribution in [3.05, 3.63) is 33.3 Å². The Morgan fingerprint density at radius 2 is 2.24 bits per heavy atom. The number of hydrogen-bond acceptors (Lipinski definition) is 3. The van der Waals surface area contributed by atoms with Crippen LogP contribution < -0.4 is 5.32 Å². The normalized spacial score (nSPS) is 20.2. The van der Waals surface area contributed by atoms with Crippen LogP contribution >= 0.6 is 23.2 Å². The fourth-order valence-corrected chi connectivity index (χ4v) is 3.19. The van der Waals surface area contributed by atoms with Crippen LogP contribution in [0.1, 0.15) is 17.2 Å². The molecule has 0 radical (unpaired) electrons. The largest absolute Gasteiger partial charge is 0.390 e. The molecule has 5 nitrogen and oxygen atoms in total. The molecule has 0 heterocycles. The molecule has 0 spiro atoms. The zero-order valence-electron chi connectivity index (χ0n) is 11.9. The van der Waals surface area contributed by atoms with E-state index in [4.69, 9.17) is 27.9 Å². The van der Waals surface area contributed by atoms with Crippen LogP contribution in [0.2, 0.25) is 10.0 Å². The van der Waals surface area contributed by atoms with Crippen LogP contribution in [0.15, 0.2) is 12.1 Å². The van der Waals surface area contributed by atoms with Crippen LogP contribution in [-0.2, 0) is 11.2 Å². The quantitative estimate of drug-likeness (QED) is 0.831. The predicted octanol–water partition coefficient (Wildman–Crippen LogP) is 2.24. The van der Waals surface area contributed by atoms with Crippen molar-refractivity contribution < 1.29 is 14.6 Å². The lowest BCUT2D eigenvalue weighted by Crippen LogP contribution is -2.43. The number of likely N-dealkylation sites (N-methyl/N-ethyl adjacent to an activating group) is 1. The summed E-state index contributed by atoms with van der Waals surface area (Å²) in [6.45, 7) is 0.840. The summed E-state index contributed by atoms with van der Waals surface area (Å²) in [6.07, 6.45) is -0.291. The van der Waals surface area contributed by atoms with Gasteiger partial charge < -0.3 is 20.1 Å². The van der Waals surface area contributed by atoms with Gasteiger partial charge in [-0.2, -0.15) is 0 Å². The fourth-order valence-electron chi connectivity index (χ4n) is 2.61. The molecule has 0 saturated carbocycles. The number of urea groups is 1. The molecular weight excluding hydrogens is 315 g/mol. The van der Waals surface area contributed by atoms with Crippen LogP contribution in [0.4, 0.5) is 4.79 Å². The smallest absolute Gasteiger partial charge is 0.317 e. The maximum atomic E-state index is 12.1. The molecule has 1 aromatic rings. The Morgan fingerprint density at radius 1 is 1.52 bits per heavy atom. The van der Waals surface area contributed by atoms with E-state index in [1.807, 2.05) is 0 Å². The first-order valence-corrected chi connectivity index (χ1v) is 7.36. The molecule has 0 saturated heterocycles. The van der Waals surface area contributed by atoms with Gasteiger partial charge in [-0.25, -0.2) is 4.79 Å². The second-order valence-electron chi connectivity index (χ2n) is 5.01. The van der Waals surface area contributed by atoms with Crippen LogP contribution in [0.5, 0.6) is 0 Å². The van der Waals surface area contributed by atoms with Crippen molar-refractivity contribution >= 4 is 29.2 Å². The number of methoxy groups -OCH3 is 1. The molecule has 1 aliphatic rings. The number of nitrogens with one attached hydrogen (secondary N) is 1. The predicted molar refractivity (Wildman–Crippen MR) is 82.0 cm³/mol. The van der Waals surface area contributed by atoms with Gasteiger partial charge in [0.1, 0.15) is 0 Å². The van der Waals surface area contributed by atoms with E-state index in [9.17, 15) is 9.90 Å². The monoisotopic (exact) mass is 332 g/mol. The lowest BCUT2D eigenvalue weighted by molar-refractivity contribution is 0.0884. The summed E-state index contributed by atoms with van der Waals surface area (Å²) in [5, 5.41) is 14.0. The second kappa shape index (κ2) is 6.83. The molecular formula is C14H18Cl2N2O3. The molecule has 2 unspecified atom stereocenters. The van der Waals surface area contributed by atoms with Gasteiger partial charge in [-0.05, 0) is 23.3 Å². The molecule has 7 heteroatoms. The third kappa shape index (κ3) is 3.43. The fraction of sp³-hybridized carbons (Fsp3) is 0.500. The van der Waals surface area contributed by atoms with Crippen molar-refractivity contribution in [3.8, 4) is 0 Å². The second-order valence-corrected chi connectivity index (χ2v) is 5.85. The summed E-state index contributed by atoms with van der Waals surface area (Å²) in [4.78, 5) is 13.6. The number of carbonyl (C=O) groups is 1. The summed E-state index contributed by atoms with van der Waals surface area (Å²) >= 11 is 12.2. The van der Waals surface area contributed by atoms with Crippen molar-refractivity contribution in [1.82, 2.24) is 10.2 Å². The maximum absolute atomic E-state index is 12.1. The first-order valence-electron chi connectivity index (χ1n) is 6.61. The minimum absolute atomic E-state index is 0.278. The number of ether oxygens (including phenoxy) is 1. The molecule has 0 aromatic heterocycles. The Balaban J connectivity index is 2.19. The molecule has 2 rings (SSSR count). The van der Waals surface area contributed by atoms with Gasteiger partial charge in [0.15, 0.2) is 0 Å². The Labute approximate surface area is 133 Å². The van der Waals surface area contributed by atoms with Crippen molar-refractivity contribution in [2.24, 2.45) is 0 Å². The van der Waals surface area contributed by atoms with E-state index in [2.05, 4.69) is 5.32 Å². The zero-order chi connectivity index (χ0) is 15.6. The van der Waals surface area contributed by atoms with Gasteiger partial charge >= 0.3 is 6.03 Å². The highest BCUT2D eigenvalue weighted by Crippen LogP contribution is 2.40. The van der Waals surface area contributed by atoms with Crippen molar-refractivity contribution in [3.63, 3.8) is 0 Å². The summed E-state index contributed by atoms with van der Waals surface area (Å²) in [5.41, 5.74) is 1.64. The lowest BCUT2D eigenvalue weighted by atomic mass is 10.1. The summed E-state index contributed by atoms with van der Waals surface area (Å²) in [5.74, 6) is 0. The summed E-state index contributed by atoms with van der Waals surface area (Å²) in [6, 6.07) is 2.66. The summed E-state index contributed by atoms with van der Waals surface area (Å²) < 4.78 is 4.89. The third-order valence-electron chi connectivity index (χ3n) is 3.61. The van der Waals surface area contributed by atoms with E-state index >= 15 is 0 Å². The first-order chi connectivity index (χ1) is 9.95. The van der Waals surface area contributed by atoms with Gasteiger partial charge in [0.2, 0.25) is 0 Å². The van der Waals surface area contributed by atoms with Gasteiger partial charge in [-0.3, -0.25) is 0 Å². The van der Waals surface area contributed by atoms with E-state index in [-0.39, 0.29) is 6.03 Å². The Kier molecular flexibility index (Phi) is 5.32. The van der Waals surface area contributed by atoms with Gasteiger partial charge in [0.25, 0.3) is 0 Å². The molecule has 0 aliphatic heterocycles. The molecule has 2 amide bonds. The van der Waals surface area contributed by atoms with E-state index in [0.29, 0.717) is 29.6 Å². The SMILES string of the molecule is COCCNC(=O)N(C)C1c2cc(Cl)cc(Cl)c2CC1O. The minimum Gasteiger partial charge on any atom is -0.390 e. The number of amides is 2. The van der Waals surface area contributed by atoms with Gasteiger partial charge in [-0.15, -0.1) is 0 Å². The van der Waals surface area contributed by atoms with E-state index < -0.39 is 12.1 Å². The van der Waals surface area contributed by atoms with Gasteiger partial charge in [0, 0.05) is 37.2 Å². The standard InChI is InChI=1S/C14H18Cl2N2O3/c1-18(14(20)17-3-4-21-2)13-10-5-8(15)6-11(16)9(10)7-12(13)19/h5-6,12-13,19H,3-4,7H2,1-2H3,(H,17,20). The molecule has 1 aliphatic carbocycles. The van der Waals surface area contributed by atoms with Gasteiger partial charge in [0.05, 0.1) is 18.8 Å². The number of fused-ring (bicyclic) bond motifs is 1. The highest BCUT2D eigenvalue weighted by Gasteiger charge is 2.37. The van der Waals surface area contributed by atoms with Crippen molar-refractivity contribution in [2.45, 2.75) is 18.6 Å². The molecule has 2 atom stereocenters. The Morgan fingerprint density at radius 3 is 2.90 bits per heavy atom. The number of nitrogens with zero attached hydrogens (tertiary/aromatic N) is 1. The molecule has 21 heavy (non-hydrogen) atoms. The number of carbonyl (C=O) groups excluding carboxylic acids is 1. The number of aliphatic hydroxyl groups is 1. The molecule has 0 fully saturated rings. The molecule has 1 aromatic carbocycles. The van der Waals surface area contributed by atoms with Crippen molar-refractivity contribution in [2.75, 3.05) is 27.3 Å². The van der Waals surface area contributed by atoms with Gasteiger partial charge in [-0.1, -0.05) is 23.2 Å². The number of aliphatic hydroxyl groups excluding tert-OH is 1. The number of rotatable bonds is 4. The highest BCUT2D eigenvalue weighted by molar-refractivity contribution is 6.35. The van der Waals surface area contributed by atoms with Crippen LogP contribution in [0.3, 0.4) is 0 Å². The molecule has 2 N–H and O–H groups in total. The van der Waals surface area contributed by atoms with Crippen molar-refractivity contribution in [1.29, 1.82) is 0 Å². The number of halogens is 2. The van der Waals surface area contributed by atoms with E-state index in [0.717, 1.165) is 11.1 Å². The maximum Gasteiger partial charge on any atom is 0.317 e. The number of benzene rings is 1. The first kappa shape index (κ1) is 16.4. The third-order valence-corrected chi connectivity index (χ3v) is 4.17. The summed E-state index contributed by atoms with van der Waals surface area (Å²) in [7, 11) is 3.21. The topological polar surface area (TPSA) is 61.8 Å². The average molecular weight is 333 g/mol. The number of hydrogen-bond donors (Lipinski definition) is 2. The lowest BCUT2D eigenvalue weighted by Gasteiger charge is -2.28. The molecule has 116 valence electrons. The van der Waals surface area contributed by atoms with E-state index in [1.54, 1.807) is 26.3 Å². The Hall–Kier alpha value is -1.01. The minimum atomic E-state index is -0.700. The van der Waals surface area contributed by atoms with Crippen LogP contribution in [0.25, 0.3) is 0 Å². The highest BCUT2D eigenvalue weighted by atomic mass is 35.5. The van der Waals surface area contributed by atoms with E-state index in [1.165, 1.54) is 4.90 Å². The molecule has 0 bridgehead atoms. The Bertz CT molecular complexity index is 539. The van der Waals surface area contributed by atoms with Crippen LogP contribution in [0, 0.1) is 0 Å². The zero-order valence-corrected chi connectivity index (χ0v) is 13.4.